The van der Waals surface area contributed by atoms with Crippen LogP contribution in [0.15, 0.2) is 151 Å². The van der Waals surface area contributed by atoms with Gasteiger partial charge in [0.15, 0.2) is 12.3 Å². The Balaban J connectivity index is 1.10. The minimum absolute atomic E-state index is 0.153. The molecule has 1 aromatic heterocycles. The Kier molecular flexibility index (Phi) is 26.8. The predicted octanol–water partition coefficient (Wildman–Crippen LogP) is 25.8. The number of H-pyrrole nitrogens is 1. The Morgan fingerprint density at radius 3 is 1.19 bits per heavy atom. The number of rotatable bonds is 24. The van der Waals surface area contributed by atoms with Crippen LogP contribution in [0.25, 0.3) is 49.7 Å². The number of amidine groups is 2. The van der Waals surface area contributed by atoms with Gasteiger partial charge >= 0.3 is 0 Å². The number of nitrogens with zero attached hydrogens (tertiary/aromatic N) is 4. The standard InChI is InChI=1S/C84H87Br12N8/c1-9-13-17-21-25-45-29-37-49(38-30-45)53-65(85)57-61(73(93)69(53)89)81-97-77(57)101(5)78-58-62(74(94)70(90)54(66(58)86)50-39-31-46(32-40-50)26-22-18-14-10-2)83(98-78)104(8)84-64-60(68(88)56(72(92)76(64)96)52-43-35-48(36-44-52)28-24-20-16-12-4)80(100-84)102(6)79-59-63(82(99-79)103(81)7)75(95)71(91)55(67(59)87)51-41-33-47(34-42-51)27-23-19-15-11-3/h29-44,57,61,78,80-81,83,98H,9-28H2,1-8H3/q+1/p+3. The van der Waals surface area contributed by atoms with Crippen molar-refractivity contribution in [3.05, 3.63) is 212 Å². The van der Waals surface area contributed by atoms with Crippen LogP contribution in [-0.4, -0.2) is 60.2 Å². The summed E-state index contributed by atoms with van der Waals surface area (Å²) in [4.78, 5) is 4.25. The molecule has 0 saturated carbocycles. The highest BCUT2D eigenvalue weighted by Crippen LogP contribution is 2.57. The van der Waals surface area contributed by atoms with E-state index in [4.69, 9.17) is 0 Å². The topological polar surface area (TPSA) is 63.9 Å². The first-order valence-electron chi connectivity index (χ1n) is 37.1. The highest BCUT2D eigenvalue weighted by Gasteiger charge is 2.58. The van der Waals surface area contributed by atoms with Crippen molar-refractivity contribution in [2.24, 2.45) is 11.8 Å². The minimum atomic E-state index is -0.441. The van der Waals surface area contributed by atoms with E-state index in [9.17, 15) is 0 Å². The van der Waals surface area contributed by atoms with Gasteiger partial charge in [0.25, 0.3) is 28.8 Å². The zero-order valence-corrected chi connectivity index (χ0v) is 79.2. The Morgan fingerprint density at radius 2 is 0.721 bits per heavy atom. The van der Waals surface area contributed by atoms with Crippen molar-refractivity contribution >= 4 is 219 Å². The molecule has 546 valence electrons. The van der Waals surface area contributed by atoms with E-state index in [1.165, 1.54) is 125 Å². The average Bonchev–Trinajstić information content (AvgIpc) is 1.54. The molecule has 8 aromatic rings. The van der Waals surface area contributed by atoms with Crippen LogP contribution >= 0.6 is 191 Å². The van der Waals surface area contributed by atoms with Crippen molar-refractivity contribution in [2.45, 2.75) is 181 Å². The van der Waals surface area contributed by atoms with E-state index in [1.54, 1.807) is 0 Å². The summed E-state index contributed by atoms with van der Waals surface area (Å²) >= 11 is 52.7. The number of aromatic amines is 1. The van der Waals surface area contributed by atoms with Gasteiger partial charge in [-0.3, -0.25) is 0 Å². The first kappa shape index (κ1) is 79.9. The number of hydrogen-bond donors (Lipinski definition) is 4. The first-order chi connectivity index (χ1) is 50.2. The van der Waals surface area contributed by atoms with Crippen molar-refractivity contribution in [2.75, 3.05) is 28.2 Å². The molecule has 104 heavy (non-hydrogen) atoms. The fourth-order valence-corrected chi connectivity index (χ4v) is 26.0. The normalized spacial score (nSPS) is 19.3. The molecule has 0 spiro atoms. The lowest BCUT2D eigenvalue weighted by atomic mass is 9.83. The van der Waals surface area contributed by atoms with Crippen LogP contribution in [0.3, 0.4) is 0 Å². The summed E-state index contributed by atoms with van der Waals surface area (Å²) in [7, 11) is 9.01. The number of hydrogen-bond acceptors (Lipinski definition) is 3. The van der Waals surface area contributed by atoms with Gasteiger partial charge in [0.05, 0.1) is 56.0 Å². The van der Waals surface area contributed by atoms with Crippen molar-refractivity contribution in [3.63, 3.8) is 0 Å². The number of benzene rings is 7. The lowest BCUT2D eigenvalue weighted by Gasteiger charge is -2.28. The molecule has 5 heterocycles. The van der Waals surface area contributed by atoms with Crippen LogP contribution in [0.2, 0.25) is 0 Å². The lowest BCUT2D eigenvalue weighted by molar-refractivity contribution is -0.588. The molecule has 20 heteroatoms. The third-order valence-corrected chi connectivity index (χ3v) is 34.2. The van der Waals surface area contributed by atoms with Crippen LogP contribution in [0, 0.1) is 11.8 Å². The van der Waals surface area contributed by atoms with Gasteiger partial charge in [0, 0.05) is 87.1 Å². The summed E-state index contributed by atoms with van der Waals surface area (Å²) in [5.41, 5.74) is 20.6. The summed E-state index contributed by atoms with van der Waals surface area (Å²) in [6, 6.07) is 37.1. The van der Waals surface area contributed by atoms with Crippen LogP contribution in [0.4, 0.5) is 0 Å². The monoisotopic (exact) mass is 2160 g/mol. The predicted molar refractivity (Wildman–Crippen MR) is 479 cm³/mol. The molecular weight excluding hydrogens is 2080 g/mol. The molecular formula is C84H90Br12N8+4. The second-order valence-electron chi connectivity index (χ2n) is 28.8. The minimum Gasteiger partial charge on any atom is -0.247 e. The van der Waals surface area contributed by atoms with Gasteiger partial charge in [-0.2, -0.15) is 0 Å². The third-order valence-electron chi connectivity index (χ3n) is 22.2. The number of unbranched alkanes of at least 4 members (excludes halogenated alkanes) is 12. The van der Waals surface area contributed by atoms with Crippen molar-refractivity contribution in [1.82, 2.24) is 30.1 Å². The highest BCUT2D eigenvalue weighted by atomic mass is 79.9. The van der Waals surface area contributed by atoms with E-state index in [2.05, 4.69) is 383 Å². The van der Waals surface area contributed by atoms with Crippen LogP contribution in [0.5, 0.6) is 0 Å². The molecule has 0 amide bonds. The molecule has 6 unspecified atom stereocenters. The summed E-state index contributed by atoms with van der Waals surface area (Å²) in [6.07, 6.45) is 22.3. The van der Waals surface area contributed by atoms with Crippen LogP contribution in [-0.2, 0) is 25.7 Å². The SMILES string of the molecule is CCCCCCc1ccc(C2=C(Br)C3C4=[N+](C)C5NC(c6c(Br)c(Br)c(-c7ccc(CCCCCC)cc7)c(Br)c65)[N+](C)=C5NC(c6c(Br)c(-c7ccc(CCCCCC)cc7)c(Br)c(Br)c65)[N+](C)=c5[nH]c(c6c(Br)c(Br)c(-c7ccc(CCCCCC)cc7)c(Br)c56)=[N+](C)C(N4)C3C(Br)=C2Br)cc1. The zero-order valence-electron chi connectivity index (χ0n) is 60.2. The Morgan fingerprint density at radius 1 is 0.337 bits per heavy atom. The number of allylic oxidation sites excluding steroid dienone is 2. The maximum absolute atomic E-state index is 4.51. The molecule has 8 nitrogen and oxygen atoms in total. The van der Waals surface area contributed by atoms with E-state index in [-0.39, 0.29) is 24.2 Å². The second-order valence-corrected chi connectivity index (χ2v) is 38.5. The molecule has 5 aliphatic rings. The van der Waals surface area contributed by atoms with E-state index in [1.807, 2.05) is 0 Å². The van der Waals surface area contributed by atoms with Gasteiger partial charge in [-0.25, -0.2) is 39.2 Å². The van der Waals surface area contributed by atoms with Gasteiger partial charge in [-0.05, 0) is 255 Å². The number of halogens is 12. The molecule has 13 rings (SSSR count). The summed E-state index contributed by atoms with van der Waals surface area (Å²) < 4.78 is 21.8. The molecule has 1 aliphatic carbocycles. The lowest BCUT2D eigenvalue weighted by Crippen LogP contribution is -2.49. The van der Waals surface area contributed by atoms with Crippen molar-refractivity contribution in [1.29, 1.82) is 0 Å². The Hall–Kier alpha value is -2.18. The van der Waals surface area contributed by atoms with E-state index in [0.717, 1.165) is 180 Å². The zero-order chi connectivity index (χ0) is 73.7. The molecule has 7 aromatic carbocycles. The number of fused-ring (bicyclic) bond motifs is 20. The van der Waals surface area contributed by atoms with Crippen molar-refractivity contribution < 1.29 is 9.15 Å². The van der Waals surface area contributed by atoms with E-state index >= 15 is 0 Å². The molecule has 8 bridgehead atoms. The average molecular weight is 2170 g/mol. The molecule has 4 N–H and O–H groups in total. The number of aromatic nitrogens is 1. The number of aryl methyl sites for hydroxylation is 4. The molecule has 4 aliphatic heterocycles. The Labute approximate surface area is 715 Å². The second kappa shape index (κ2) is 34.8. The number of nitrogens with one attached hydrogen (secondary N) is 4. The smallest absolute Gasteiger partial charge is 0.247 e. The summed E-state index contributed by atoms with van der Waals surface area (Å²) in [6.45, 7) is 9.12. The largest absolute Gasteiger partial charge is 0.290 e. The fraction of sp³-hybridized carbons (Fsp3) is 0.405. The summed E-state index contributed by atoms with van der Waals surface area (Å²) in [5, 5.41) is 15.1. The third kappa shape index (κ3) is 15.1. The van der Waals surface area contributed by atoms with E-state index < -0.39 is 12.3 Å². The van der Waals surface area contributed by atoms with Gasteiger partial charge in [0.1, 0.15) is 5.92 Å². The van der Waals surface area contributed by atoms with E-state index in [0.29, 0.717) is 0 Å². The fourth-order valence-electron chi connectivity index (χ4n) is 16.4. The highest BCUT2D eigenvalue weighted by molar-refractivity contribution is 9.15. The quantitative estimate of drug-likeness (QED) is 0.0277. The maximum atomic E-state index is 4.51. The first-order valence-corrected chi connectivity index (χ1v) is 46.6. The maximum Gasteiger partial charge on any atom is 0.290 e. The van der Waals surface area contributed by atoms with Gasteiger partial charge in [0.2, 0.25) is 6.17 Å². The Bertz CT molecular complexity index is 4920. The van der Waals surface area contributed by atoms with Gasteiger partial charge in [-0.1, -0.05) is 234 Å². The van der Waals surface area contributed by atoms with Gasteiger partial charge < -0.3 is 0 Å². The summed E-state index contributed by atoms with van der Waals surface area (Å²) in [5.74, 6) is 1.66. The van der Waals surface area contributed by atoms with Gasteiger partial charge in [-0.15, -0.1) is 0 Å². The molecule has 1 saturated heterocycles. The molecule has 6 atom stereocenters. The van der Waals surface area contributed by atoms with Crippen LogP contribution < -0.4 is 36.1 Å². The molecule has 1 fully saturated rings. The molecule has 0 radical (unpaired) electrons. The van der Waals surface area contributed by atoms with Crippen LogP contribution in [0.1, 0.15) is 199 Å². The van der Waals surface area contributed by atoms with Crippen molar-refractivity contribution in [3.8, 4) is 33.4 Å².